The highest BCUT2D eigenvalue weighted by molar-refractivity contribution is 6.33. The molecule has 0 aliphatic carbocycles. The molecule has 0 saturated heterocycles. The summed E-state index contributed by atoms with van der Waals surface area (Å²) in [5.41, 5.74) is 3.75. The lowest BCUT2D eigenvalue weighted by Gasteiger charge is -2.18. The summed E-state index contributed by atoms with van der Waals surface area (Å²) in [5.74, 6) is 5.14. The third kappa shape index (κ3) is 3.62. The van der Waals surface area contributed by atoms with E-state index in [1.54, 1.807) is 24.3 Å². The first-order valence-corrected chi connectivity index (χ1v) is 6.99. The molecular formula is C14H12Cl3FN2. The van der Waals surface area contributed by atoms with Crippen molar-refractivity contribution in [2.24, 2.45) is 5.84 Å². The van der Waals surface area contributed by atoms with Gasteiger partial charge in [-0.05, 0) is 48.4 Å². The van der Waals surface area contributed by atoms with E-state index < -0.39 is 6.04 Å². The number of halogens is 4. The summed E-state index contributed by atoms with van der Waals surface area (Å²) in [6.07, 6.45) is 0.396. The summed E-state index contributed by atoms with van der Waals surface area (Å²) in [7, 11) is 0. The summed E-state index contributed by atoms with van der Waals surface area (Å²) in [5, 5.41) is 1.56. The largest absolute Gasteiger partial charge is 0.271 e. The van der Waals surface area contributed by atoms with E-state index >= 15 is 0 Å². The van der Waals surface area contributed by atoms with Crippen LogP contribution in [0.5, 0.6) is 0 Å². The number of hydrogen-bond donors (Lipinski definition) is 2. The first-order chi connectivity index (χ1) is 9.51. The van der Waals surface area contributed by atoms with Crippen molar-refractivity contribution in [2.45, 2.75) is 12.5 Å². The fraction of sp³-hybridized carbons (Fsp3) is 0.143. The van der Waals surface area contributed by atoms with Crippen LogP contribution in [0.3, 0.4) is 0 Å². The fourth-order valence-electron chi connectivity index (χ4n) is 1.96. The summed E-state index contributed by atoms with van der Waals surface area (Å²) in [4.78, 5) is 0. The molecule has 20 heavy (non-hydrogen) atoms. The first-order valence-electron chi connectivity index (χ1n) is 5.86. The molecule has 2 aromatic rings. The van der Waals surface area contributed by atoms with Crippen LogP contribution in [0.25, 0.3) is 0 Å². The van der Waals surface area contributed by atoms with Crippen molar-refractivity contribution >= 4 is 34.8 Å². The molecule has 0 fully saturated rings. The number of hydrazine groups is 1. The van der Waals surface area contributed by atoms with Crippen LogP contribution in [-0.4, -0.2) is 0 Å². The van der Waals surface area contributed by atoms with E-state index in [1.165, 1.54) is 12.1 Å². The molecule has 106 valence electrons. The number of nitrogens with one attached hydrogen (secondary N) is 1. The first kappa shape index (κ1) is 15.5. The van der Waals surface area contributed by atoms with Crippen LogP contribution in [0.2, 0.25) is 15.1 Å². The van der Waals surface area contributed by atoms with Crippen LogP contribution in [-0.2, 0) is 6.42 Å². The van der Waals surface area contributed by atoms with E-state index in [0.29, 0.717) is 27.1 Å². The van der Waals surface area contributed by atoms with Crippen molar-refractivity contribution in [3.8, 4) is 0 Å². The molecule has 0 aromatic heterocycles. The molecule has 3 N–H and O–H groups in total. The second-order valence-electron chi connectivity index (χ2n) is 4.32. The van der Waals surface area contributed by atoms with E-state index in [-0.39, 0.29) is 5.82 Å². The van der Waals surface area contributed by atoms with Crippen molar-refractivity contribution in [2.75, 3.05) is 0 Å². The standard InChI is InChI=1S/C14H12Cl3FN2/c15-9-1-3-12(17)8(5-9)6-14(20-19)11-7-10(16)2-4-13(11)18/h1-5,7,14,20H,6,19H2. The van der Waals surface area contributed by atoms with E-state index in [2.05, 4.69) is 5.43 Å². The van der Waals surface area contributed by atoms with Gasteiger partial charge in [-0.1, -0.05) is 34.8 Å². The molecule has 0 aliphatic heterocycles. The zero-order valence-corrected chi connectivity index (χ0v) is 12.6. The van der Waals surface area contributed by atoms with Gasteiger partial charge < -0.3 is 0 Å². The van der Waals surface area contributed by atoms with Crippen molar-refractivity contribution in [3.05, 3.63) is 68.4 Å². The molecule has 2 aromatic carbocycles. The van der Waals surface area contributed by atoms with Gasteiger partial charge in [0.25, 0.3) is 0 Å². The van der Waals surface area contributed by atoms with Crippen molar-refractivity contribution < 1.29 is 4.39 Å². The maximum Gasteiger partial charge on any atom is 0.128 e. The van der Waals surface area contributed by atoms with Crippen LogP contribution < -0.4 is 11.3 Å². The number of hydrogen-bond acceptors (Lipinski definition) is 2. The number of nitrogens with two attached hydrogens (primary N) is 1. The predicted molar refractivity (Wildman–Crippen MR) is 81.6 cm³/mol. The van der Waals surface area contributed by atoms with E-state index in [0.717, 1.165) is 5.56 Å². The van der Waals surface area contributed by atoms with E-state index in [9.17, 15) is 4.39 Å². The third-order valence-electron chi connectivity index (χ3n) is 2.97. The topological polar surface area (TPSA) is 38.0 Å². The van der Waals surface area contributed by atoms with Gasteiger partial charge in [0, 0.05) is 20.6 Å². The second-order valence-corrected chi connectivity index (χ2v) is 5.61. The van der Waals surface area contributed by atoms with Crippen molar-refractivity contribution in [1.82, 2.24) is 5.43 Å². The highest BCUT2D eigenvalue weighted by Gasteiger charge is 2.17. The minimum absolute atomic E-state index is 0.379. The average Bonchev–Trinajstić information content (AvgIpc) is 2.42. The van der Waals surface area contributed by atoms with E-state index in [1.807, 2.05) is 0 Å². The smallest absolute Gasteiger partial charge is 0.128 e. The molecule has 0 heterocycles. The molecule has 2 nitrogen and oxygen atoms in total. The third-order valence-corrected chi connectivity index (χ3v) is 3.81. The normalized spacial score (nSPS) is 12.4. The van der Waals surface area contributed by atoms with Crippen LogP contribution >= 0.6 is 34.8 Å². The van der Waals surface area contributed by atoms with Crippen LogP contribution in [0.15, 0.2) is 36.4 Å². The van der Waals surface area contributed by atoms with E-state index in [4.69, 9.17) is 40.6 Å². The van der Waals surface area contributed by atoms with Gasteiger partial charge in [-0.25, -0.2) is 4.39 Å². The second kappa shape index (κ2) is 6.74. The molecule has 0 bridgehead atoms. The molecule has 0 radical (unpaired) electrons. The number of benzene rings is 2. The maximum atomic E-state index is 13.9. The Kier molecular flexibility index (Phi) is 5.24. The molecule has 0 aliphatic rings. The van der Waals surface area contributed by atoms with Crippen molar-refractivity contribution in [1.29, 1.82) is 0 Å². The maximum absolute atomic E-state index is 13.9. The summed E-state index contributed by atoms with van der Waals surface area (Å²) in [6.45, 7) is 0. The van der Waals surface area contributed by atoms with Crippen LogP contribution in [0.4, 0.5) is 4.39 Å². The Bertz CT molecular complexity index is 619. The molecule has 0 amide bonds. The lowest BCUT2D eigenvalue weighted by Crippen LogP contribution is -2.30. The lowest BCUT2D eigenvalue weighted by molar-refractivity contribution is 0.510. The Morgan fingerprint density at radius 3 is 2.40 bits per heavy atom. The highest BCUT2D eigenvalue weighted by Crippen LogP contribution is 2.28. The molecule has 6 heteroatoms. The zero-order valence-electron chi connectivity index (χ0n) is 10.3. The van der Waals surface area contributed by atoms with Gasteiger partial charge in [0.15, 0.2) is 0 Å². The monoisotopic (exact) mass is 332 g/mol. The van der Waals surface area contributed by atoms with Gasteiger partial charge in [-0.15, -0.1) is 0 Å². The molecular weight excluding hydrogens is 322 g/mol. The SMILES string of the molecule is NNC(Cc1cc(Cl)ccc1Cl)c1cc(Cl)ccc1F. The summed E-state index contributed by atoms with van der Waals surface area (Å²) < 4.78 is 13.9. The summed E-state index contributed by atoms with van der Waals surface area (Å²) >= 11 is 17.9. The van der Waals surface area contributed by atoms with Gasteiger partial charge in [-0.3, -0.25) is 11.3 Å². The van der Waals surface area contributed by atoms with Crippen LogP contribution in [0, 0.1) is 5.82 Å². The Balaban J connectivity index is 2.33. The van der Waals surface area contributed by atoms with Gasteiger partial charge in [0.2, 0.25) is 0 Å². The minimum atomic E-state index is -0.454. The quantitative estimate of drug-likeness (QED) is 0.637. The fourth-order valence-corrected chi connectivity index (χ4v) is 2.53. The highest BCUT2D eigenvalue weighted by atomic mass is 35.5. The Hall–Kier alpha value is -0.840. The lowest BCUT2D eigenvalue weighted by atomic mass is 9.99. The molecule has 0 saturated carbocycles. The Morgan fingerprint density at radius 2 is 1.70 bits per heavy atom. The summed E-state index contributed by atoms with van der Waals surface area (Å²) in [6, 6.07) is 9.00. The number of rotatable bonds is 4. The minimum Gasteiger partial charge on any atom is -0.271 e. The molecule has 1 atom stereocenters. The molecule has 1 unspecified atom stereocenters. The Morgan fingerprint density at radius 1 is 1.05 bits per heavy atom. The van der Waals surface area contributed by atoms with Gasteiger partial charge >= 0.3 is 0 Å². The van der Waals surface area contributed by atoms with Gasteiger partial charge in [0.05, 0.1) is 6.04 Å². The van der Waals surface area contributed by atoms with Crippen molar-refractivity contribution in [3.63, 3.8) is 0 Å². The van der Waals surface area contributed by atoms with Gasteiger partial charge in [-0.2, -0.15) is 0 Å². The average molecular weight is 334 g/mol. The van der Waals surface area contributed by atoms with Gasteiger partial charge in [0.1, 0.15) is 5.82 Å². The Labute approximate surface area is 131 Å². The zero-order chi connectivity index (χ0) is 14.7. The van der Waals surface area contributed by atoms with Crippen LogP contribution in [0.1, 0.15) is 17.2 Å². The predicted octanol–water partition coefficient (Wildman–Crippen LogP) is 4.53. The molecule has 0 spiro atoms. The molecule has 2 rings (SSSR count).